The van der Waals surface area contributed by atoms with Gasteiger partial charge in [0.1, 0.15) is 9.37 Å². The van der Waals surface area contributed by atoms with Gasteiger partial charge in [0, 0.05) is 6.07 Å². The Kier molecular flexibility index (Phi) is 3.07. The van der Waals surface area contributed by atoms with Crippen LogP contribution in [0.1, 0.15) is 0 Å². The molecule has 0 bridgehead atoms. The van der Waals surface area contributed by atoms with E-state index in [9.17, 15) is 22.9 Å². The van der Waals surface area contributed by atoms with Crippen LogP contribution in [0.2, 0.25) is 0 Å². The molecule has 0 fully saturated rings. The summed E-state index contributed by atoms with van der Waals surface area (Å²) in [5, 5.41) is 15.1. The van der Waals surface area contributed by atoms with Crippen molar-refractivity contribution in [1.29, 1.82) is 0 Å². The Morgan fingerprint density at radius 2 is 2.00 bits per heavy atom. The van der Waals surface area contributed by atoms with Crippen LogP contribution < -0.4 is 5.14 Å². The van der Waals surface area contributed by atoms with Crippen molar-refractivity contribution in [2.45, 2.75) is 4.90 Å². The van der Waals surface area contributed by atoms with E-state index in [-0.39, 0.29) is 0 Å². The molecule has 0 aliphatic heterocycles. The number of hydrogen-bond acceptors (Lipinski definition) is 4. The van der Waals surface area contributed by atoms with E-state index >= 15 is 0 Å². The molecule has 1 aromatic rings. The first kappa shape index (κ1) is 12.0. The van der Waals surface area contributed by atoms with Gasteiger partial charge in [0.05, 0.1) is 4.92 Å². The fourth-order valence-electron chi connectivity index (χ4n) is 0.882. The average Bonchev–Trinajstić information content (AvgIpc) is 2.06. The summed E-state index contributed by atoms with van der Waals surface area (Å²) in [6, 6.07) is 1.60. The van der Waals surface area contributed by atoms with Crippen LogP contribution >= 0.6 is 15.9 Å². The van der Waals surface area contributed by atoms with Crippen LogP contribution in [0.15, 0.2) is 21.5 Å². The van der Waals surface area contributed by atoms with Crippen molar-refractivity contribution in [2.75, 3.05) is 0 Å². The van der Waals surface area contributed by atoms with E-state index in [1.165, 1.54) is 0 Å². The number of benzene rings is 1. The molecular weight excluding hydrogens is 295 g/mol. The zero-order valence-corrected chi connectivity index (χ0v) is 9.38. The van der Waals surface area contributed by atoms with Gasteiger partial charge in [-0.3, -0.25) is 10.1 Å². The zero-order chi connectivity index (χ0) is 11.8. The van der Waals surface area contributed by atoms with E-state index in [0.717, 1.165) is 12.1 Å². The third-order valence-corrected chi connectivity index (χ3v) is 3.21. The number of hydrogen-bond donors (Lipinski definition) is 1. The number of sulfonamides is 1. The first-order chi connectivity index (χ1) is 6.75. The predicted molar refractivity (Wildman–Crippen MR) is 52.1 cm³/mol. The Labute approximate surface area is 92.2 Å². The molecule has 0 heterocycles. The minimum atomic E-state index is -4.23. The van der Waals surface area contributed by atoms with Gasteiger partial charge in [-0.2, -0.15) is 0 Å². The molecule has 0 spiro atoms. The van der Waals surface area contributed by atoms with Crippen molar-refractivity contribution in [3.63, 3.8) is 0 Å². The first-order valence-corrected chi connectivity index (χ1v) is 5.74. The maximum Gasteiger partial charge on any atom is 0.286 e. The molecule has 9 heteroatoms. The first-order valence-electron chi connectivity index (χ1n) is 3.40. The van der Waals surface area contributed by atoms with Crippen molar-refractivity contribution >= 4 is 31.6 Å². The van der Waals surface area contributed by atoms with Crippen molar-refractivity contribution in [1.82, 2.24) is 0 Å². The Balaban J connectivity index is 3.55. The SMILES string of the molecule is NS(=O)(=O)c1ccc([N+](=O)[O-])c(Br)c1F. The average molecular weight is 299 g/mol. The summed E-state index contributed by atoms with van der Waals surface area (Å²) in [4.78, 5) is 8.72. The van der Waals surface area contributed by atoms with Gasteiger partial charge >= 0.3 is 0 Å². The Bertz CT molecular complexity index is 530. The van der Waals surface area contributed by atoms with Gasteiger partial charge in [-0.05, 0) is 22.0 Å². The fraction of sp³-hybridized carbons (Fsp3) is 0. The van der Waals surface area contributed by atoms with E-state index in [1.54, 1.807) is 0 Å². The summed E-state index contributed by atoms with van der Waals surface area (Å²) in [5.41, 5.74) is -0.570. The van der Waals surface area contributed by atoms with E-state index in [0.29, 0.717) is 0 Å². The maximum absolute atomic E-state index is 13.3. The summed E-state index contributed by atoms with van der Waals surface area (Å²) in [5.74, 6) is -1.27. The van der Waals surface area contributed by atoms with Crippen LogP contribution in [-0.4, -0.2) is 13.3 Å². The molecule has 0 aromatic heterocycles. The lowest BCUT2D eigenvalue weighted by atomic mass is 10.3. The van der Waals surface area contributed by atoms with Gasteiger partial charge in [-0.15, -0.1) is 0 Å². The molecule has 1 rings (SSSR count). The normalized spacial score (nSPS) is 11.4. The van der Waals surface area contributed by atoms with Crippen molar-refractivity contribution in [2.24, 2.45) is 5.14 Å². The van der Waals surface area contributed by atoms with Gasteiger partial charge in [-0.1, -0.05) is 0 Å². The van der Waals surface area contributed by atoms with E-state index in [2.05, 4.69) is 15.9 Å². The highest BCUT2D eigenvalue weighted by Gasteiger charge is 2.23. The third kappa shape index (κ3) is 2.30. The molecule has 15 heavy (non-hydrogen) atoms. The van der Waals surface area contributed by atoms with E-state index < -0.39 is 35.8 Å². The standard InChI is InChI=1S/C6H4BrFN2O4S/c7-5-3(10(11)12)1-2-4(6(5)8)15(9,13)14/h1-2H,(H2,9,13,14). The van der Waals surface area contributed by atoms with Gasteiger partial charge in [0.25, 0.3) is 5.69 Å². The zero-order valence-electron chi connectivity index (χ0n) is 6.98. The van der Waals surface area contributed by atoms with Crippen LogP contribution in [0.25, 0.3) is 0 Å². The molecule has 82 valence electrons. The van der Waals surface area contributed by atoms with Crippen molar-refractivity contribution in [3.8, 4) is 0 Å². The van der Waals surface area contributed by atoms with Gasteiger partial charge in [0.15, 0.2) is 5.82 Å². The Morgan fingerprint density at radius 3 is 2.40 bits per heavy atom. The number of nitro groups is 1. The van der Waals surface area contributed by atoms with E-state index in [4.69, 9.17) is 5.14 Å². The quantitative estimate of drug-likeness (QED) is 0.653. The molecule has 0 saturated carbocycles. The second-order valence-electron chi connectivity index (χ2n) is 2.51. The molecule has 0 amide bonds. The second-order valence-corrected chi connectivity index (χ2v) is 4.84. The smallest absolute Gasteiger partial charge is 0.258 e. The van der Waals surface area contributed by atoms with Crippen LogP contribution in [0.3, 0.4) is 0 Å². The lowest BCUT2D eigenvalue weighted by Gasteiger charge is -2.02. The maximum atomic E-state index is 13.3. The monoisotopic (exact) mass is 298 g/mol. The van der Waals surface area contributed by atoms with Crippen LogP contribution in [0.4, 0.5) is 10.1 Å². The minimum Gasteiger partial charge on any atom is -0.258 e. The molecule has 0 atom stereocenters. The predicted octanol–water partition coefficient (Wildman–Crippen LogP) is 1.14. The molecule has 0 saturated heterocycles. The van der Waals surface area contributed by atoms with Crippen molar-refractivity contribution in [3.05, 3.63) is 32.5 Å². The molecule has 1 aromatic carbocycles. The highest BCUT2D eigenvalue weighted by molar-refractivity contribution is 9.10. The van der Waals surface area contributed by atoms with Crippen LogP contribution in [-0.2, 0) is 10.0 Å². The lowest BCUT2D eigenvalue weighted by Crippen LogP contribution is -2.14. The summed E-state index contributed by atoms with van der Waals surface area (Å²) in [7, 11) is -4.23. The molecule has 0 radical (unpaired) electrons. The number of rotatable bonds is 2. The second kappa shape index (κ2) is 3.83. The highest BCUT2D eigenvalue weighted by Crippen LogP contribution is 2.30. The van der Waals surface area contributed by atoms with Gasteiger partial charge in [0.2, 0.25) is 10.0 Å². The molecule has 0 unspecified atom stereocenters. The summed E-state index contributed by atoms with van der Waals surface area (Å²) in [6.07, 6.45) is 0. The molecule has 6 nitrogen and oxygen atoms in total. The van der Waals surface area contributed by atoms with Crippen molar-refractivity contribution < 1.29 is 17.7 Å². The number of nitrogens with two attached hydrogens (primary N) is 1. The minimum absolute atomic E-state index is 0.543. The number of nitro benzene ring substituents is 1. The molecule has 0 aliphatic carbocycles. The molecule has 0 aliphatic rings. The summed E-state index contributed by atoms with van der Waals surface area (Å²) in [6.45, 7) is 0. The largest absolute Gasteiger partial charge is 0.286 e. The number of primary sulfonamides is 1. The van der Waals surface area contributed by atoms with Crippen LogP contribution in [0.5, 0.6) is 0 Å². The lowest BCUT2D eigenvalue weighted by molar-refractivity contribution is -0.385. The Hall–Kier alpha value is -1.06. The van der Waals surface area contributed by atoms with E-state index in [1.807, 2.05) is 0 Å². The molecule has 2 N–H and O–H groups in total. The Morgan fingerprint density at radius 1 is 1.47 bits per heavy atom. The summed E-state index contributed by atoms with van der Waals surface area (Å²) < 4.78 is 34.4. The van der Waals surface area contributed by atoms with Gasteiger partial charge < -0.3 is 0 Å². The topological polar surface area (TPSA) is 103 Å². The van der Waals surface area contributed by atoms with Crippen LogP contribution in [0, 0.1) is 15.9 Å². The molecular formula is C6H4BrFN2O4S. The third-order valence-electron chi connectivity index (χ3n) is 1.53. The number of nitrogens with zero attached hydrogens (tertiary/aromatic N) is 1. The highest BCUT2D eigenvalue weighted by atomic mass is 79.9. The van der Waals surface area contributed by atoms with Gasteiger partial charge in [-0.25, -0.2) is 17.9 Å². The fourth-order valence-corrected chi connectivity index (χ4v) is 2.11. The number of halogens is 2. The summed E-state index contributed by atoms with van der Waals surface area (Å²) >= 11 is 2.59.